The smallest absolute Gasteiger partial charge is 0.326 e. The van der Waals surface area contributed by atoms with Crippen LogP contribution in [0, 0.1) is 5.92 Å². The second-order valence-corrected chi connectivity index (χ2v) is 6.17. The Morgan fingerprint density at radius 3 is 2.65 bits per heavy atom. The Hall–Kier alpha value is -1.10. The van der Waals surface area contributed by atoms with Gasteiger partial charge in [-0.25, -0.2) is 4.79 Å². The van der Waals surface area contributed by atoms with Crippen molar-refractivity contribution in [2.24, 2.45) is 5.92 Å². The Kier molecular flexibility index (Phi) is 5.02. The van der Waals surface area contributed by atoms with Gasteiger partial charge in [0.25, 0.3) is 0 Å². The maximum absolute atomic E-state index is 12.4. The number of hydrogen-bond donors (Lipinski definition) is 1. The highest BCUT2D eigenvalue weighted by molar-refractivity contribution is 5.84. The minimum atomic E-state index is -0.863. The fourth-order valence-electron chi connectivity index (χ4n) is 3.55. The number of likely N-dealkylation sites (tertiary alicyclic amines) is 1. The summed E-state index contributed by atoms with van der Waals surface area (Å²) in [6, 6.07) is -0.494. The van der Waals surface area contributed by atoms with Crippen molar-refractivity contribution in [3.63, 3.8) is 0 Å². The van der Waals surface area contributed by atoms with Gasteiger partial charge >= 0.3 is 5.97 Å². The third-order valence-electron chi connectivity index (χ3n) is 4.43. The van der Waals surface area contributed by atoms with Crippen molar-refractivity contribution >= 4 is 11.9 Å². The summed E-state index contributed by atoms with van der Waals surface area (Å²) in [7, 11) is 0. The number of aliphatic carboxylic acids is 1. The lowest BCUT2D eigenvalue weighted by molar-refractivity contribution is -0.150. The molecule has 5 nitrogen and oxygen atoms in total. The molecule has 20 heavy (non-hydrogen) atoms. The number of carboxylic acid groups (broad SMARTS) is 1. The van der Waals surface area contributed by atoms with E-state index in [0.29, 0.717) is 18.9 Å². The van der Waals surface area contributed by atoms with Gasteiger partial charge in [-0.2, -0.15) is 0 Å². The van der Waals surface area contributed by atoms with Crippen LogP contribution in [0.3, 0.4) is 0 Å². The third-order valence-corrected chi connectivity index (χ3v) is 4.43. The zero-order valence-corrected chi connectivity index (χ0v) is 12.4. The number of rotatable bonds is 5. The molecule has 3 atom stereocenters. The number of carbonyl (C=O) groups excluding carboxylic acids is 1. The molecule has 0 aromatic carbocycles. The van der Waals surface area contributed by atoms with Gasteiger partial charge in [-0.3, -0.25) is 4.79 Å². The van der Waals surface area contributed by atoms with Crippen LogP contribution in [-0.4, -0.2) is 46.7 Å². The maximum atomic E-state index is 12.4. The van der Waals surface area contributed by atoms with Crippen molar-refractivity contribution in [1.29, 1.82) is 0 Å². The molecule has 1 N–H and O–H groups in total. The average molecular weight is 283 g/mol. The van der Waals surface area contributed by atoms with Crippen molar-refractivity contribution in [1.82, 2.24) is 4.90 Å². The van der Waals surface area contributed by atoms with Crippen LogP contribution in [0.1, 0.15) is 52.4 Å². The van der Waals surface area contributed by atoms with E-state index in [4.69, 9.17) is 4.74 Å². The van der Waals surface area contributed by atoms with Gasteiger partial charge < -0.3 is 14.7 Å². The highest BCUT2D eigenvalue weighted by Crippen LogP contribution is 2.40. The summed E-state index contributed by atoms with van der Waals surface area (Å²) in [6.45, 7) is 4.23. The molecule has 0 bridgehead atoms. The topological polar surface area (TPSA) is 66.8 Å². The first kappa shape index (κ1) is 15.3. The van der Waals surface area contributed by atoms with Gasteiger partial charge in [-0.15, -0.1) is 0 Å². The molecule has 0 aromatic heterocycles. The number of fused-ring (bicyclic) bond motifs is 1. The summed E-state index contributed by atoms with van der Waals surface area (Å²) in [4.78, 5) is 25.4. The molecule has 0 spiro atoms. The molecule has 1 saturated carbocycles. The fourth-order valence-corrected chi connectivity index (χ4v) is 3.55. The molecule has 2 aliphatic rings. The summed E-state index contributed by atoms with van der Waals surface area (Å²) in [5.74, 6) is -0.551. The Balaban J connectivity index is 2.01. The van der Waals surface area contributed by atoms with E-state index in [1.807, 2.05) is 13.8 Å². The molecule has 1 aliphatic carbocycles. The minimum Gasteiger partial charge on any atom is -0.480 e. The van der Waals surface area contributed by atoms with Gasteiger partial charge in [-0.1, -0.05) is 12.8 Å². The molecule has 114 valence electrons. The van der Waals surface area contributed by atoms with E-state index >= 15 is 0 Å². The van der Waals surface area contributed by atoms with Gasteiger partial charge in [-0.05, 0) is 39.0 Å². The Bertz CT molecular complexity index is 369. The first-order valence-electron chi connectivity index (χ1n) is 7.66. The van der Waals surface area contributed by atoms with E-state index in [0.717, 1.165) is 25.7 Å². The van der Waals surface area contributed by atoms with Crippen LogP contribution in [0.25, 0.3) is 0 Å². The largest absolute Gasteiger partial charge is 0.480 e. The van der Waals surface area contributed by atoms with E-state index in [9.17, 15) is 14.7 Å². The van der Waals surface area contributed by atoms with Crippen molar-refractivity contribution in [3.8, 4) is 0 Å². The number of carbonyl (C=O) groups is 2. The molecular formula is C15H25NO4. The number of ether oxygens (including phenoxy) is 1. The molecule has 2 fully saturated rings. The Morgan fingerprint density at radius 1 is 1.30 bits per heavy atom. The normalized spacial score (nSPS) is 29.6. The van der Waals surface area contributed by atoms with Crippen LogP contribution in [0.5, 0.6) is 0 Å². The van der Waals surface area contributed by atoms with E-state index < -0.39 is 12.0 Å². The monoisotopic (exact) mass is 283 g/mol. The molecule has 2 rings (SSSR count). The van der Waals surface area contributed by atoms with Gasteiger partial charge in [0, 0.05) is 6.04 Å². The summed E-state index contributed by atoms with van der Waals surface area (Å²) in [5, 5.41) is 9.37. The number of nitrogens with zero attached hydrogens (tertiary/aromatic N) is 1. The summed E-state index contributed by atoms with van der Waals surface area (Å²) >= 11 is 0. The van der Waals surface area contributed by atoms with Gasteiger partial charge in [0.15, 0.2) is 0 Å². The number of carboxylic acids is 1. The van der Waals surface area contributed by atoms with E-state index in [1.54, 1.807) is 4.90 Å². The van der Waals surface area contributed by atoms with Crippen molar-refractivity contribution in [3.05, 3.63) is 0 Å². The zero-order chi connectivity index (χ0) is 14.7. The van der Waals surface area contributed by atoms with Gasteiger partial charge in [0.1, 0.15) is 6.04 Å². The van der Waals surface area contributed by atoms with Crippen LogP contribution < -0.4 is 0 Å². The van der Waals surface area contributed by atoms with Crippen molar-refractivity contribution < 1.29 is 19.4 Å². The highest BCUT2D eigenvalue weighted by atomic mass is 16.5. The standard InChI is InChI=1S/C15H25NO4/c1-10(2)20-8-7-14(17)16-12-6-4-3-5-11(12)9-13(16)15(18)19/h10-13H,3-9H2,1-2H3,(H,18,19)/t11-,12+,13-/m0/s1. The van der Waals surface area contributed by atoms with E-state index in [2.05, 4.69) is 0 Å². The SMILES string of the molecule is CC(C)OCCC(=O)N1[C@@H]2CCCC[C@H]2C[C@H]1C(=O)O. The van der Waals surface area contributed by atoms with Gasteiger partial charge in [0.2, 0.25) is 5.91 Å². The van der Waals surface area contributed by atoms with E-state index in [-0.39, 0.29) is 24.5 Å². The summed E-state index contributed by atoms with van der Waals surface area (Å²) in [6.07, 6.45) is 5.26. The number of hydrogen-bond acceptors (Lipinski definition) is 3. The van der Waals surface area contributed by atoms with Crippen LogP contribution in [0.2, 0.25) is 0 Å². The quantitative estimate of drug-likeness (QED) is 0.838. The second kappa shape index (κ2) is 6.57. The minimum absolute atomic E-state index is 0.0625. The van der Waals surface area contributed by atoms with Crippen molar-refractivity contribution in [2.45, 2.75) is 70.6 Å². The van der Waals surface area contributed by atoms with Crippen LogP contribution in [0.15, 0.2) is 0 Å². The first-order chi connectivity index (χ1) is 9.50. The summed E-state index contributed by atoms with van der Waals surface area (Å²) < 4.78 is 5.41. The Labute approximate surface area is 120 Å². The Morgan fingerprint density at radius 2 is 2.00 bits per heavy atom. The predicted molar refractivity (Wildman–Crippen MR) is 74.3 cm³/mol. The average Bonchev–Trinajstić information content (AvgIpc) is 2.77. The molecule has 1 saturated heterocycles. The van der Waals surface area contributed by atoms with Crippen molar-refractivity contribution in [2.75, 3.05) is 6.61 Å². The molecule has 1 amide bonds. The first-order valence-corrected chi connectivity index (χ1v) is 7.66. The highest BCUT2D eigenvalue weighted by Gasteiger charge is 2.47. The zero-order valence-electron chi connectivity index (χ0n) is 12.4. The van der Waals surface area contributed by atoms with Gasteiger partial charge in [0.05, 0.1) is 19.1 Å². The fraction of sp³-hybridized carbons (Fsp3) is 0.867. The molecule has 5 heteroatoms. The predicted octanol–water partition coefficient (Wildman–Crippen LogP) is 2.05. The molecule has 1 aliphatic heterocycles. The molecule has 0 unspecified atom stereocenters. The molecular weight excluding hydrogens is 258 g/mol. The lowest BCUT2D eigenvalue weighted by Gasteiger charge is -2.33. The molecule has 0 aromatic rings. The van der Waals surface area contributed by atoms with Crippen LogP contribution in [0.4, 0.5) is 0 Å². The second-order valence-electron chi connectivity index (χ2n) is 6.17. The maximum Gasteiger partial charge on any atom is 0.326 e. The summed E-state index contributed by atoms with van der Waals surface area (Å²) in [5.41, 5.74) is 0. The lowest BCUT2D eigenvalue weighted by Crippen LogP contribution is -2.46. The van der Waals surface area contributed by atoms with Crippen LogP contribution >= 0.6 is 0 Å². The number of amides is 1. The lowest BCUT2D eigenvalue weighted by atomic mass is 9.84. The molecule has 1 heterocycles. The molecule has 0 radical (unpaired) electrons. The van der Waals surface area contributed by atoms with E-state index in [1.165, 1.54) is 0 Å². The van der Waals surface area contributed by atoms with Crippen LogP contribution in [-0.2, 0) is 14.3 Å². The third kappa shape index (κ3) is 3.32.